The van der Waals surface area contributed by atoms with E-state index >= 15 is 0 Å². The Bertz CT molecular complexity index is 3040. The van der Waals surface area contributed by atoms with E-state index in [0.29, 0.717) is 54.5 Å². The third-order valence-electron chi connectivity index (χ3n) is 14.2. The normalized spacial score (nSPS) is 13.8. The minimum absolute atomic E-state index is 0.00211. The Kier molecular flexibility index (Phi) is 28.2. The number of primary amides is 1. The van der Waals surface area contributed by atoms with Crippen molar-refractivity contribution in [3.8, 4) is 0 Å². The molecule has 0 aliphatic rings. The van der Waals surface area contributed by atoms with Crippen molar-refractivity contribution in [2.75, 3.05) is 19.6 Å². The first-order valence-corrected chi connectivity index (χ1v) is 28.9. The topological polar surface area (TPSA) is 442 Å². The predicted molar refractivity (Wildman–Crippen MR) is 326 cm³/mol. The van der Waals surface area contributed by atoms with E-state index in [2.05, 4.69) is 47.2 Å². The Morgan fingerprint density at radius 3 is 1.29 bits per heavy atom. The van der Waals surface area contributed by atoms with Gasteiger partial charge in [0.15, 0.2) is 5.96 Å². The molecule has 25 nitrogen and oxygen atoms in total. The highest BCUT2D eigenvalue weighted by molar-refractivity contribution is 5.98. The maximum atomic E-state index is 14.9. The van der Waals surface area contributed by atoms with Crippen LogP contribution in [0.3, 0.4) is 0 Å². The lowest BCUT2D eigenvalue weighted by atomic mass is 10.00. The van der Waals surface area contributed by atoms with Gasteiger partial charge in [0.2, 0.25) is 47.3 Å². The molecule has 0 aliphatic heterocycles. The summed E-state index contributed by atoms with van der Waals surface area (Å²) in [7, 11) is 0. The number of guanidine groups is 1. The second-order valence-corrected chi connectivity index (χ2v) is 21.0. The highest BCUT2D eigenvalue weighted by atomic mass is 16.4. The molecule has 0 saturated carbocycles. The molecule has 0 fully saturated rings. The number of para-hydroxylation sites is 1. The number of H-pyrrole nitrogens is 1. The van der Waals surface area contributed by atoms with Crippen LogP contribution >= 0.6 is 0 Å². The van der Waals surface area contributed by atoms with E-state index in [4.69, 9.17) is 34.4 Å². The molecule has 0 unspecified atom stereocenters. The van der Waals surface area contributed by atoms with E-state index in [1.807, 2.05) is 24.3 Å². The number of carbonyl (C=O) groups is 9. The first-order valence-electron chi connectivity index (χ1n) is 28.9. The minimum Gasteiger partial charge on any atom is -0.480 e. The number of rotatable bonds is 38. The fourth-order valence-corrected chi connectivity index (χ4v) is 9.54. The summed E-state index contributed by atoms with van der Waals surface area (Å²) in [5.74, 6) is -7.91. The van der Waals surface area contributed by atoms with Crippen molar-refractivity contribution >= 4 is 70.1 Å². The standard InChI is InChI=1S/C61H83N15O10/c62-30-14-12-24-43(64)53(78)70-46(27-16-32-68-61(66)67)54(79)72-47(28-29-52(65)77)56(81)74-48(33-38-17-4-1-5-18-38)57(82)71-45(26-13-15-31-63)55(80)73-49(34-39-19-6-2-7-20-39)58(83)75-50(36-41-37-69-44-25-11-10-23-42(41)44)59(84)76-51(60(85)86)35-40-21-8-3-9-22-40/h1-11,17-23,25,37,43,45-51,69H,12-16,24,26-36,62-64H2,(H2,65,77)(H,70,78)(H,71,82)(H,72,79)(H,73,80)(H,74,81)(H,75,83)(H,76,84)(H,85,86)(H4,66,67,68)/t43-,45-,46+,47-,48+,49+,50-,51+/m0/s1. The first kappa shape index (κ1) is 67.6. The zero-order chi connectivity index (χ0) is 62.4. The number of aliphatic imine (C=N–C) groups is 1. The molecular weight excluding hydrogens is 1100 g/mol. The highest BCUT2D eigenvalue weighted by Gasteiger charge is 2.35. The van der Waals surface area contributed by atoms with Crippen molar-refractivity contribution < 1.29 is 48.3 Å². The van der Waals surface area contributed by atoms with Crippen molar-refractivity contribution in [3.63, 3.8) is 0 Å². The number of hydrogen-bond acceptors (Lipinski definition) is 13. The number of benzene rings is 4. The number of nitrogens with two attached hydrogens (primary N) is 6. The molecule has 25 heteroatoms. The average Bonchev–Trinajstić information content (AvgIpc) is 4.12. The Morgan fingerprint density at radius 1 is 0.442 bits per heavy atom. The summed E-state index contributed by atoms with van der Waals surface area (Å²) in [5.41, 5.74) is 37.5. The number of amides is 8. The fourth-order valence-electron chi connectivity index (χ4n) is 9.54. The van der Waals surface area contributed by atoms with Crippen LogP contribution in [-0.2, 0) is 68.8 Å². The summed E-state index contributed by atoms with van der Waals surface area (Å²) in [5, 5.41) is 30.1. The SMILES string of the molecule is NCCCC[C@H](NC(=O)[C@@H](Cc1ccccc1)NC(=O)[C@H](CCC(N)=O)NC(=O)[C@@H](CCCN=C(N)N)NC(=O)[C@@H](N)CCCCN)C(=O)N[C@H](Cc1ccccc1)C(=O)N[C@@H](Cc1c[nH]c2ccccc12)C(=O)N[C@H](Cc1ccccc1)C(=O)O. The molecule has 1 aromatic heterocycles. The van der Waals surface area contributed by atoms with E-state index in [0.717, 1.165) is 10.9 Å². The first-order chi connectivity index (χ1) is 41.3. The van der Waals surface area contributed by atoms with Crippen molar-refractivity contribution in [1.82, 2.24) is 42.2 Å². The summed E-state index contributed by atoms with van der Waals surface area (Å²) in [6.45, 7) is 0.725. The lowest BCUT2D eigenvalue weighted by Gasteiger charge is -2.28. The van der Waals surface area contributed by atoms with Crippen LogP contribution in [0, 0.1) is 0 Å². The predicted octanol–water partition coefficient (Wildman–Crippen LogP) is -0.179. The van der Waals surface area contributed by atoms with Gasteiger partial charge in [-0.15, -0.1) is 0 Å². The second kappa shape index (κ2) is 35.8. The molecule has 4 aromatic carbocycles. The number of unbranched alkanes of at least 4 members (excludes halogenated alkanes) is 2. The molecule has 0 aliphatic carbocycles. The number of fused-ring (bicyclic) bond motifs is 1. The molecule has 8 amide bonds. The number of carboxylic acids is 1. The van der Waals surface area contributed by atoms with Crippen LogP contribution < -0.4 is 71.6 Å². The van der Waals surface area contributed by atoms with E-state index in [9.17, 15) is 48.3 Å². The lowest BCUT2D eigenvalue weighted by molar-refractivity contribution is -0.142. The van der Waals surface area contributed by atoms with Gasteiger partial charge in [0.25, 0.3) is 0 Å². The lowest BCUT2D eigenvalue weighted by Crippen LogP contribution is -2.61. The molecule has 5 aromatic rings. The van der Waals surface area contributed by atoms with Gasteiger partial charge in [-0.2, -0.15) is 0 Å². The van der Waals surface area contributed by atoms with Crippen molar-refractivity contribution in [3.05, 3.63) is 144 Å². The number of aromatic nitrogens is 1. The number of aromatic amines is 1. The molecule has 0 spiro atoms. The quantitative estimate of drug-likeness (QED) is 0.0139. The zero-order valence-corrected chi connectivity index (χ0v) is 48.2. The Hall–Kier alpha value is -9.20. The van der Waals surface area contributed by atoms with E-state index in [1.165, 1.54) is 0 Å². The number of carbonyl (C=O) groups excluding carboxylic acids is 8. The number of hydrogen-bond donors (Lipinski definition) is 15. The van der Waals surface area contributed by atoms with Gasteiger partial charge in [-0.1, -0.05) is 116 Å². The summed E-state index contributed by atoms with van der Waals surface area (Å²) >= 11 is 0. The summed E-state index contributed by atoms with van der Waals surface area (Å²) in [6.07, 6.45) is 3.03. The van der Waals surface area contributed by atoms with Gasteiger partial charge in [-0.3, -0.25) is 43.3 Å². The van der Waals surface area contributed by atoms with Crippen LogP contribution in [-0.4, -0.2) is 137 Å². The summed E-state index contributed by atoms with van der Waals surface area (Å²) in [4.78, 5) is 133. The molecule has 0 saturated heterocycles. The third kappa shape index (κ3) is 23.1. The second-order valence-electron chi connectivity index (χ2n) is 21.0. The van der Waals surface area contributed by atoms with Crippen molar-refractivity contribution in [1.29, 1.82) is 0 Å². The van der Waals surface area contributed by atoms with Crippen LogP contribution in [0.2, 0.25) is 0 Å². The van der Waals surface area contributed by atoms with Crippen LogP contribution in [0.1, 0.15) is 86.5 Å². The fraction of sp³-hybridized carbons (Fsp3) is 0.410. The number of aliphatic carboxylic acids is 1. The molecule has 462 valence electrons. The van der Waals surface area contributed by atoms with Gasteiger partial charge in [0.1, 0.15) is 42.3 Å². The molecule has 8 atom stereocenters. The van der Waals surface area contributed by atoms with E-state index < -0.39 is 102 Å². The molecule has 21 N–H and O–H groups in total. The van der Waals surface area contributed by atoms with E-state index in [-0.39, 0.29) is 83.3 Å². The van der Waals surface area contributed by atoms with Crippen LogP contribution in [0.15, 0.2) is 126 Å². The smallest absolute Gasteiger partial charge is 0.326 e. The summed E-state index contributed by atoms with van der Waals surface area (Å²) < 4.78 is 0. The molecule has 0 bridgehead atoms. The van der Waals surface area contributed by atoms with Crippen LogP contribution in [0.5, 0.6) is 0 Å². The van der Waals surface area contributed by atoms with Gasteiger partial charge >= 0.3 is 5.97 Å². The number of nitrogens with one attached hydrogen (secondary N) is 8. The van der Waals surface area contributed by atoms with E-state index in [1.54, 1.807) is 97.2 Å². The van der Waals surface area contributed by atoms with Gasteiger partial charge in [0.05, 0.1) is 6.04 Å². The molecule has 5 rings (SSSR count). The highest BCUT2D eigenvalue weighted by Crippen LogP contribution is 2.20. The maximum Gasteiger partial charge on any atom is 0.326 e. The monoisotopic (exact) mass is 1190 g/mol. The molecular formula is C61H83N15O10. The van der Waals surface area contributed by atoms with Gasteiger partial charge in [-0.25, -0.2) is 4.79 Å². The largest absolute Gasteiger partial charge is 0.480 e. The zero-order valence-electron chi connectivity index (χ0n) is 48.2. The average molecular weight is 1190 g/mol. The molecule has 1 heterocycles. The van der Waals surface area contributed by atoms with Crippen molar-refractivity contribution in [2.24, 2.45) is 39.4 Å². The van der Waals surface area contributed by atoms with Gasteiger partial charge < -0.3 is 81.7 Å². The van der Waals surface area contributed by atoms with Crippen molar-refractivity contribution in [2.45, 2.75) is 138 Å². The summed E-state index contributed by atoms with van der Waals surface area (Å²) in [6, 6.07) is 22.7. The molecule has 0 radical (unpaired) electrons. The van der Waals surface area contributed by atoms with Gasteiger partial charge in [-0.05, 0) is 92.8 Å². The van der Waals surface area contributed by atoms with Gasteiger partial charge in [0, 0.05) is 55.7 Å². The Labute approximate surface area is 499 Å². The van der Waals surface area contributed by atoms with Crippen LogP contribution in [0.25, 0.3) is 10.9 Å². The number of nitrogens with zero attached hydrogens (tertiary/aromatic N) is 1. The molecule has 86 heavy (non-hydrogen) atoms. The third-order valence-corrected chi connectivity index (χ3v) is 14.2. The van der Waals surface area contributed by atoms with Crippen LogP contribution in [0.4, 0.5) is 0 Å². The number of carboxylic acid groups (broad SMARTS) is 1. The minimum atomic E-state index is -1.50. The Morgan fingerprint density at radius 2 is 0.826 bits per heavy atom. The maximum absolute atomic E-state index is 14.9. The Balaban J connectivity index is 1.44.